The van der Waals surface area contributed by atoms with E-state index in [-0.39, 0.29) is 33.5 Å². The minimum Gasteiger partial charge on any atom is -0.508 e. The van der Waals surface area contributed by atoms with Crippen LogP contribution in [0.4, 0.5) is 0 Å². The van der Waals surface area contributed by atoms with Crippen LogP contribution in [0.3, 0.4) is 0 Å². The maximum absolute atomic E-state index is 11.7. The van der Waals surface area contributed by atoms with Crippen LogP contribution < -0.4 is 0 Å². The molecule has 3 N–H and O–H groups in total. The summed E-state index contributed by atoms with van der Waals surface area (Å²) in [6.45, 7) is 24.6. The third-order valence-electron chi connectivity index (χ3n) is 9.83. The lowest BCUT2D eigenvalue weighted by Gasteiger charge is -2.28. The van der Waals surface area contributed by atoms with Crippen molar-refractivity contribution in [2.24, 2.45) is 0 Å². The van der Waals surface area contributed by atoms with Gasteiger partial charge in [0.15, 0.2) is 10.2 Å². The maximum Gasteiger partial charge on any atom is 0.172 e. The molecular formula is C40H54N4O3S2. The number of nitrogens with zero attached hydrogens (tertiary/aromatic N) is 4. The van der Waals surface area contributed by atoms with E-state index in [0.717, 1.165) is 64.2 Å². The van der Waals surface area contributed by atoms with E-state index in [1.807, 2.05) is 12.1 Å². The Kier molecular flexibility index (Phi) is 10.2. The number of benzene rings is 3. The second-order valence-corrected chi connectivity index (χ2v) is 17.6. The van der Waals surface area contributed by atoms with Gasteiger partial charge in [0.25, 0.3) is 0 Å². The lowest BCUT2D eigenvalue weighted by molar-refractivity contribution is 0.405. The van der Waals surface area contributed by atoms with E-state index < -0.39 is 0 Å². The maximum atomic E-state index is 11.7. The van der Waals surface area contributed by atoms with Crippen LogP contribution in [0, 0.1) is 0 Å². The predicted molar refractivity (Wildman–Crippen MR) is 207 cm³/mol. The van der Waals surface area contributed by atoms with E-state index in [2.05, 4.69) is 106 Å². The summed E-state index contributed by atoms with van der Waals surface area (Å²) in [5.41, 5.74) is 6.74. The second kappa shape index (κ2) is 13.6. The third kappa shape index (κ3) is 8.26. The van der Waals surface area contributed by atoms with Crippen LogP contribution in [-0.4, -0.2) is 71.3 Å². The van der Waals surface area contributed by atoms with Gasteiger partial charge in [0.1, 0.15) is 17.2 Å². The van der Waals surface area contributed by atoms with Gasteiger partial charge in [-0.25, -0.2) is 0 Å². The van der Waals surface area contributed by atoms with Crippen LogP contribution in [0.25, 0.3) is 0 Å². The molecule has 0 atom stereocenters. The number of thiocarbonyl (C=S) groups is 2. The molecule has 5 rings (SSSR count). The Balaban J connectivity index is 1.32. The molecule has 2 heterocycles. The van der Waals surface area contributed by atoms with E-state index >= 15 is 0 Å². The van der Waals surface area contributed by atoms with Crippen LogP contribution in [0.15, 0.2) is 48.5 Å². The molecule has 49 heavy (non-hydrogen) atoms. The number of hydrogen-bond donors (Lipinski definition) is 3. The molecule has 0 amide bonds. The summed E-state index contributed by atoms with van der Waals surface area (Å²) >= 11 is 11.9. The summed E-state index contributed by atoms with van der Waals surface area (Å²) in [4.78, 5) is 8.56. The van der Waals surface area contributed by atoms with E-state index in [4.69, 9.17) is 24.4 Å². The Labute approximate surface area is 304 Å². The number of phenols is 3. The average molecular weight is 703 g/mol. The van der Waals surface area contributed by atoms with Gasteiger partial charge >= 0.3 is 0 Å². The molecule has 0 spiro atoms. The van der Waals surface area contributed by atoms with E-state index in [1.54, 1.807) is 12.1 Å². The third-order valence-corrected chi connectivity index (χ3v) is 10.9. The van der Waals surface area contributed by atoms with Gasteiger partial charge in [0, 0.05) is 74.6 Å². The SMILES string of the molecule is CC(C)(C)c1ccc(O)c(CN2CCN(Cc3cc(C(C)(C)C)cc(CN4CCN(Cc5cc(C(C)(C)C)ccc5O)C4=S)c3O)C2=S)c1. The standard InChI is InChI=1S/C40H54N4O3S2/c1-38(2,3)30-10-12-33(45)26(18-30)22-41-14-16-43(36(41)48)24-28-20-32(40(7,8)9)21-29(35(28)47)25-44-17-15-42(37(44)49)23-27-19-31(39(4,5)6)11-13-34(27)46/h10-13,18-21,45-47H,14-17,22-25H2,1-9H3. The highest BCUT2D eigenvalue weighted by atomic mass is 32.1. The number of hydrogen-bond acceptors (Lipinski definition) is 5. The molecule has 2 fully saturated rings. The molecule has 3 aromatic carbocycles. The number of phenolic OH excluding ortho intramolecular Hbond substituents is 3. The highest BCUT2D eigenvalue weighted by molar-refractivity contribution is 7.80. The highest BCUT2D eigenvalue weighted by Gasteiger charge is 2.31. The van der Waals surface area contributed by atoms with Crippen LogP contribution in [-0.2, 0) is 42.4 Å². The van der Waals surface area contributed by atoms with Crippen molar-refractivity contribution in [3.63, 3.8) is 0 Å². The topological polar surface area (TPSA) is 73.7 Å². The van der Waals surface area contributed by atoms with Gasteiger partial charge in [0.2, 0.25) is 0 Å². The summed E-state index contributed by atoms with van der Waals surface area (Å²) in [5, 5.41) is 34.5. The molecule has 0 bridgehead atoms. The molecule has 2 aliphatic heterocycles. The fourth-order valence-electron chi connectivity index (χ4n) is 6.47. The first-order chi connectivity index (χ1) is 22.7. The quantitative estimate of drug-likeness (QED) is 0.203. The van der Waals surface area contributed by atoms with Gasteiger partial charge in [-0.1, -0.05) is 74.4 Å². The Hall–Kier alpha value is -3.56. The van der Waals surface area contributed by atoms with E-state index in [9.17, 15) is 15.3 Å². The van der Waals surface area contributed by atoms with Gasteiger partial charge in [-0.2, -0.15) is 0 Å². The van der Waals surface area contributed by atoms with Crippen molar-refractivity contribution in [2.45, 2.75) is 105 Å². The van der Waals surface area contributed by atoms with Crippen molar-refractivity contribution in [3.05, 3.63) is 87.5 Å². The largest absolute Gasteiger partial charge is 0.508 e. The fraction of sp³-hybridized carbons (Fsp3) is 0.500. The van der Waals surface area contributed by atoms with Crippen molar-refractivity contribution < 1.29 is 15.3 Å². The summed E-state index contributed by atoms with van der Waals surface area (Å²) in [5.74, 6) is 0.840. The molecule has 9 heteroatoms. The zero-order chi connectivity index (χ0) is 36.1. The number of rotatable bonds is 8. The van der Waals surface area contributed by atoms with Crippen molar-refractivity contribution >= 4 is 34.7 Å². The Morgan fingerprint density at radius 3 is 1.06 bits per heavy atom. The van der Waals surface area contributed by atoms with Crippen LogP contribution in [0.2, 0.25) is 0 Å². The summed E-state index contributed by atoms with van der Waals surface area (Å²) in [6, 6.07) is 15.9. The van der Waals surface area contributed by atoms with Gasteiger partial charge < -0.3 is 34.9 Å². The number of aromatic hydroxyl groups is 3. The minimum absolute atomic E-state index is 0.0224. The van der Waals surface area contributed by atoms with Gasteiger partial charge in [-0.15, -0.1) is 0 Å². The molecule has 7 nitrogen and oxygen atoms in total. The minimum atomic E-state index is -0.127. The molecular weight excluding hydrogens is 649 g/mol. The van der Waals surface area contributed by atoms with Gasteiger partial charge in [0.05, 0.1) is 0 Å². The van der Waals surface area contributed by atoms with Crippen molar-refractivity contribution in [3.8, 4) is 17.2 Å². The normalized spacial score (nSPS) is 16.0. The molecule has 264 valence electrons. The monoisotopic (exact) mass is 702 g/mol. The smallest absolute Gasteiger partial charge is 0.172 e. The van der Waals surface area contributed by atoms with Crippen LogP contribution in [0.1, 0.15) is 101 Å². The van der Waals surface area contributed by atoms with Crippen molar-refractivity contribution in [1.29, 1.82) is 0 Å². The summed E-state index contributed by atoms with van der Waals surface area (Å²) in [6.07, 6.45) is 0. The van der Waals surface area contributed by atoms with Crippen molar-refractivity contribution in [1.82, 2.24) is 19.6 Å². The van der Waals surface area contributed by atoms with E-state index in [0.29, 0.717) is 26.2 Å². The van der Waals surface area contributed by atoms with Crippen LogP contribution in [0.5, 0.6) is 17.2 Å². The Morgan fingerprint density at radius 2 is 0.755 bits per heavy atom. The zero-order valence-corrected chi connectivity index (χ0v) is 32.4. The molecule has 2 saturated heterocycles. The molecule has 0 aromatic heterocycles. The Morgan fingerprint density at radius 1 is 0.469 bits per heavy atom. The molecule has 0 aliphatic carbocycles. The second-order valence-electron chi connectivity index (χ2n) is 16.8. The van der Waals surface area contributed by atoms with Gasteiger partial charge in [-0.05, 0) is 93.8 Å². The molecule has 3 aromatic rings. The molecule has 0 saturated carbocycles. The first-order valence-electron chi connectivity index (χ1n) is 17.3. The lowest BCUT2D eigenvalue weighted by atomic mass is 9.84. The first-order valence-corrected chi connectivity index (χ1v) is 18.1. The molecule has 2 aliphatic rings. The molecule has 0 unspecified atom stereocenters. The Bertz CT molecular complexity index is 1620. The van der Waals surface area contributed by atoms with E-state index in [1.165, 1.54) is 11.1 Å². The summed E-state index contributed by atoms with van der Waals surface area (Å²) in [7, 11) is 0. The lowest BCUT2D eigenvalue weighted by Crippen LogP contribution is -2.32. The van der Waals surface area contributed by atoms with Crippen LogP contribution >= 0.6 is 24.4 Å². The predicted octanol–water partition coefficient (Wildman–Crippen LogP) is 7.90. The molecule has 0 radical (unpaired) electrons. The highest BCUT2D eigenvalue weighted by Crippen LogP contribution is 2.35. The van der Waals surface area contributed by atoms with Crippen molar-refractivity contribution in [2.75, 3.05) is 26.2 Å². The van der Waals surface area contributed by atoms with Gasteiger partial charge in [-0.3, -0.25) is 0 Å². The summed E-state index contributed by atoms with van der Waals surface area (Å²) < 4.78 is 0. The average Bonchev–Trinajstić information content (AvgIpc) is 3.51. The first kappa shape index (κ1) is 36.7. The zero-order valence-electron chi connectivity index (χ0n) is 30.7. The fourth-order valence-corrected chi connectivity index (χ4v) is 7.09.